The highest BCUT2D eigenvalue weighted by Crippen LogP contribution is 2.17. The molecule has 1 heterocycles. The highest BCUT2D eigenvalue weighted by molar-refractivity contribution is 6.20. The number of hydrogen-bond donors (Lipinski definition) is 0. The predicted octanol–water partition coefficient (Wildman–Crippen LogP) is 2.15. The van der Waals surface area contributed by atoms with E-state index < -0.39 is 6.67 Å². The summed E-state index contributed by atoms with van der Waals surface area (Å²) in [5.41, 5.74) is 0.931. The first kappa shape index (κ1) is 8.53. The molecule has 0 bridgehead atoms. The van der Waals surface area contributed by atoms with Crippen LogP contribution >= 0.6 is 11.6 Å². The minimum atomic E-state index is -0.391. The van der Waals surface area contributed by atoms with Crippen molar-refractivity contribution >= 4 is 11.6 Å². The van der Waals surface area contributed by atoms with Crippen molar-refractivity contribution in [3.8, 4) is 0 Å². The van der Waals surface area contributed by atoms with Crippen LogP contribution in [0.3, 0.4) is 0 Å². The molecule has 0 aliphatic heterocycles. The maximum Gasteiger partial charge on any atom is 0.109 e. The third-order valence-electron chi connectivity index (χ3n) is 1.43. The van der Waals surface area contributed by atoms with E-state index >= 15 is 0 Å². The Morgan fingerprint density at radius 3 is 3.00 bits per heavy atom. The fourth-order valence-electron chi connectivity index (χ4n) is 0.794. The summed E-state index contributed by atoms with van der Waals surface area (Å²) in [5, 5.41) is 3.87. The van der Waals surface area contributed by atoms with E-state index in [0.717, 1.165) is 5.56 Å². The average Bonchev–Trinajstić information content (AvgIpc) is 2.37. The molecule has 0 fully saturated rings. The third-order valence-corrected chi connectivity index (χ3v) is 1.68. The van der Waals surface area contributed by atoms with Crippen LogP contribution in [0, 0.1) is 0 Å². The van der Waals surface area contributed by atoms with E-state index in [4.69, 9.17) is 11.6 Å². The summed E-state index contributed by atoms with van der Waals surface area (Å²) in [6, 6.07) is 0. The minimum Gasteiger partial charge on any atom is -0.270 e. The lowest BCUT2D eigenvalue weighted by Gasteiger charge is -1.95. The van der Waals surface area contributed by atoms with E-state index in [1.165, 1.54) is 0 Å². The summed E-state index contributed by atoms with van der Waals surface area (Å²) < 4.78 is 13.3. The second-order valence-corrected chi connectivity index (χ2v) is 3.00. The molecule has 11 heavy (non-hydrogen) atoms. The number of aryl methyl sites for hydroxylation is 1. The van der Waals surface area contributed by atoms with Gasteiger partial charge in [-0.15, -0.1) is 11.6 Å². The summed E-state index contributed by atoms with van der Waals surface area (Å²) >= 11 is 5.77. The van der Waals surface area contributed by atoms with Crippen LogP contribution in [0.5, 0.6) is 0 Å². The van der Waals surface area contributed by atoms with Gasteiger partial charge in [0.25, 0.3) is 0 Å². The number of rotatable bonds is 3. The Kier molecular flexibility index (Phi) is 2.88. The topological polar surface area (TPSA) is 17.8 Å². The molecule has 1 atom stereocenters. The highest BCUT2D eigenvalue weighted by Gasteiger charge is 2.03. The van der Waals surface area contributed by atoms with Crippen LogP contribution in [-0.4, -0.2) is 16.5 Å². The van der Waals surface area contributed by atoms with Gasteiger partial charge in [-0.25, -0.2) is 4.39 Å². The van der Waals surface area contributed by atoms with Gasteiger partial charge in [-0.1, -0.05) is 0 Å². The number of alkyl halides is 2. The second-order valence-electron chi connectivity index (χ2n) is 2.34. The van der Waals surface area contributed by atoms with Crippen molar-refractivity contribution in [3.63, 3.8) is 0 Å². The van der Waals surface area contributed by atoms with Crippen molar-refractivity contribution in [1.82, 2.24) is 9.78 Å². The SMILES string of the molecule is CC(Cl)c1cnn(CCF)c1. The molecule has 4 heteroatoms. The van der Waals surface area contributed by atoms with E-state index in [2.05, 4.69) is 5.10 Å². The van der Waals surface area contributed by atoms with Crippen molar-refractivity contribution in [1.29, 1.82) is 0 Å². The smallest absolute Gasteiger partial charge is 0.109 e. The van der Waals surface area contributed by atoms with Crippen molar-refractivity contribution in [2.45, 2.75) is 18.8 Å². The molecular formula is C7H10ClFN2. The Bertz CT molecular complexity index is 222. The quantitative estimate of drug-likeness (QED) is 0.646. The van der Waals surface area contributed by atoms with E-state index in [-0.39, 0.29) is 5.38 Å². The van der Waals surface area contributed by atoms with Gasteiger partial charge in [-0.2, -0.15) is 5.10 Å². The zero-order chi connectivity index (χ0) is 8.27. The van der Waals surface area contributed by atoms with Gasteiger partial charge < -0.3 is 0 Å². The molecule has 0 aliphatic rings. The summed E-state index contributed by atoms with van der Waals surface area (Å²) in [7, 11) is 0. The Balaban J connectivity index is 2.66. The van der Waals surface area contributed by atoms with Crippen LogP contribution in [0.2, 0.25) is 0 Å². The zero-order valence-electron chi connectivity index (χ0n) is 6.30. The number of halogens is 2. The Hall–Kier alpha value is -0.570. The first-order chi connectivity index (χ1) is 5.24. The predicted molar refractivity (Wildman–Crippen MR) is 42.5 cm³/mol. The summed E-state index contributed by atoms with van der Waals surface area (Å²) in [4.78, 5) is 0. The number of aromatic nitrogens is 2. The molecule has 0 amide bonds. The van der Waals surface area contributed by atoms with Crippen LogP contribution in [0.4, 0.5) is 4.39 Å². The van der Waals surface area contributed by atoms with Crippen molar-refractivity contribution in [2.75, 3.05) is 6.67 Å². The molecule has 62 valence electrons. The molecule has 0 aromatic carbocycles. The molecule has 1 rings (SSSR count). The van der Waals surface area contributed by atoms with Gasteiger partial charge in [0, 0.05) is 11.8 Å². The van der Waals surface area contributed by atoms with Gasteiger partial charge >= 0.3 is 0 Å². The molecule has 0 aliphatic carbocycles. The summed E-state index contributed by atoms with van der Waals surface area (Å²) in [5.74, 6) is 0. The average molecular weight is 177 g/mol. The van der Waals surface area contributed by atoms with Crippen LogP contribution in [-0.2, 0) is 6.54 Å². The lowest BCUT2D eigenvalue weighted by molar-refractivity contribution is 0.427. The Morgan fingerprint density at radius 2 is 2.55 bits per heavy atom. The fraction of sp³-hybridized carbons (Fsp3) is 0.571. The van der Waals surface area contributed by atoms with Gasteiger partial charge in [0.05, 0.1) is 18.1 Å². The molecule has 1 unspecified atom stereocenters. The lowest BCUT2D eigenvalue weighted by Crippen LogP contribution is -1.98. The van der Waals surface area contributed by atoms with Gasteiger partial charge in [-0.3, -0.25) is 4.68 Å². The normalized spacial score (nSPS) is 13.4. The molecular weight excluding hydrogens is 167 g/mol. The van der Waals surface area contributed by atoms with Gasteiger partial charge in [-0.05, 0) is 6.92 Å². The van der Waals surface area contributed by atoms with E-state index in [1.807, 2.05) is 6.92 Å². The largest absolute Gasteiger partial charge is 0.270 e. The fourth-order valence-corrected chi connectivity index (χ4v) is 0.907. The van der Waals surface area contributed by atoms with Crippen molar-refractivity contribution < 1.29 is 4.39 Å². The maximum atomic E-state index is 11.8. The van der Waals surface area contributed by atoms with Crippen LogP contribution < -0.4 is 0 Å². The second kappa shape index (κ2) is 3.72. The molecule has 0 spiro atoms. The first-order valence-electron chi connectivity index (χ1n) is 3.46. The Labute approximate surface area is 70.0 Å². The summed E-state index contributed by atoms with van der Waals surface area (Å²) in [6.45, 7) is 1.78. The standard InChI is InChI=1S/C7H10ClFN2/c1-6(8)7-4-10-11(5-7)3-2-9/h4-6H,2-3H2,1H3. The lowest BCUT2D eigenvalue weighted by atomic mass is 10.3. The molecule has 0 saturated carbocycles. The van der Waals surface area contributed by atoms with Gasteiger partial charge in [0.1, 0.15) is 6.67 Å². The molecule has 0 saturated heterocycles. The van der Waals surface area contributed by atoms with E-state index in [0.29, 0.717) is 6.54 Å². The maximum absolute atomic E-state index is 11.8. The number of nitrogens with zero attached hydrogens (tertiary/aromatic N) is 2. The molecule has 1 aromatic rings. The van der Waals surface area contributed by atoms with Gasteiger partial charge in [0.2, 0.25) is 0 Å². The van der Waals surface area contributed by atoms with Gasteiger partial charge in [0.15, 0.2) is 0 Å². The highest BCUT2D eigenvalue weighted by atomic mass is 35.5. The van der Waals surface area contributed by atoms with Crippen molar-refractivity contribution in [2.24, 2.45) is 0 Å². The van der Waals surface area contributed by atoms with Crippen LogP contribution in [0.15, 0.2) is 12.4 Å². The molecule has 0 N–H and O–H groups in total. The third kappa shape index (κ3) is 2.19. The first-order valence-corrected chi connectivity index (χ1v) is 3.90. The molecule has 1 aromatic heterocycles. The minimum absolute atomic E-state index is 0.0524. The van der Waals surface area contributed by atoms with Crippen molar-refractivity contribution in [3.05, 3.63) is 18.0 Å². The summed E-state index contributed by atoms with van der Waals surface area (Å²) in [6.07, 6.45) is 3.42. The van der Waals surface area contributed by atoms with Crippen LogP contribution in [0.1, 0.15) is 17.9 Å². The monoisotopic (exact) mass is 176 g/mol. The zero-order valence-corrected chi connectivity index (χ0v) is 7.05. The Morgan fingerprint density at radius 1 is 1.82 bits per heavy atom. The number of hydrogen-bond acceptors (Lipinski definition) is 1. The van der Waals surface area contributed by atoms with E-state index in [9.17, 15) is 4.39 Å². The van der Waals surface area contributed by atoms with E-state index in [1.54, 1.807) is 17.1 Å². The van der Waals surface area contributed by atoms with Crippen LogP contribution in [0.25, 0.3) is 0 Å². The molecule has 2 nitrogen and oxygen atoms in total. The molecule has 0 radical (unpaired) electrons.